The minimum Gasteiger partial charge on any atom is -0.308 e. The molecule has 0 radical (unpaired) electrons. The maximum absolute atomic E-state index is 4.37. The Morgan fingerprint density at radius 3 is 2.42 bits per heavy atom. The molecule has 2 rings (SSSR count). The third-order valence-corrected chi connectivity index (χ3v) is 3.14. The predicted octanol–water partition coefficient (Wildman–Crippen LogP) is 3.19. The van der Waals surface area contributed by atoms with Gasteiger partial charge in [0.05, 0.1) is 0 Å². The maximum atomic E-state index is 4.37. The zero-order chi connectivity index (χ0) is 13.9. The van der Waals surface area contributed by atoms with E-state index < -0.39 is 0 Å². The molecule has 0 amide bonds. The minimum atomic E-state index is 0.0860. The third-order valence-electron chi connectivity index (χ3n) is 2.50. The summed E-state index contributed by atoms with van der Waals surface area (Å²) < 4.78 is 0.899. The molecule has 100 valence electrons. The van der Waals surface area contributed by atoms with Crippen LogP contribution >= 0.6 is 15.9 Å². The van der Waals surface area contributed by atoms with Gasteiger partial charge in [-0.25, -0.2) is 9.97 Å². The normalized spacial score (nSPS) is 11.6. The largest absolute Gasteiger partial charge is 0.308 e. The van der Waals surface area contributed by atoms with Gasteiger partial charge in [-0.2, -0.15) is 0 Å². The first-order valence-electron chi connectivity index (χ1n) is 6.12. The number of rotatable bonds is 3. The van der Waals surface area contributed by atoms with Crippen LogP contribution in [-0.4, -0.2) is 20.5 Å². The standard InChI is InChI=1S/C14H17BrN4/c1-14(2,3)19-9-10-7-17-13(18-8-10)12-11(15)5-4-6-16-12/h4-8,19H,9H2,1-3H3. The second-order valence-corrected chi connectivity index (χ2v) is 6.21. The van der Waals surface area contributed by atoms with Crippen molar-refractivity contribution in [1.82, 2.24) is 20.3 Å². The van der Waals surface area contributed by atoms with Crippen LogP contribution in [0.5, 0.6) is 0 Å². The average molecular weight is 321 g/mol. The highest BCUT2D eigenvalue weighted by Crippen LogP contribution is 2.21. The summed E-state index contributed by atoms with van der Waals surface area (Å²) >= 11 is 3.45. The Kier molecular flexibility index (Phi) is 4.27. The lowest BCUT2D eigenvalue weighted by Gasteiger charge is -2.20. The van der Waals surface area contributed by atoms with Crippen LogP contribution in [0.3, 0.4) is 0 Å². The van der Waals surface area contributed by atoms with Gasteiger partial charge >= 0.3 is 0 Å². The van der Waals surface area contributed by atoms with E-state index in [0.29, 0.717) is 5.82 Å². The first kappa shape index (κ1) is 14.1. The maximum Gasteiger partial charge on any atom is 0.179 e. The highest BCUT2D eigenvalue weighted by Gasteiger charge is 2.10. The molecule has 0 aliphatic carbocycles. The van der Waals surface area contributed by atoms with Crippen molar-refractivity contribution in [2.24, 2.45) is 0 Å². The van der Waals surface area contributed by atoms with Gasteiger partial charge in [0.2, 0.25) is 0 Å². The zero-order valence-corrected chi connectivity index (χ0v) is 12.9. The molecular formula is C14H17BrN4. The molecular weight excluding hydrogens is 304 g/mol. The van der Waals surface area contributed by atoms with E-state index in [0.717, 1.165) is 22.3 Å². The van der Waals surface area contributed by atoms with Crippen molar-refractivity contribution < 1.29 is 0 Å². The van der Waals surface area contributed by atoms with Crippen molar-refractivity contribution in [3.8, 4) is 11.5 Å². The molecule has 4 nitrogen and oxygen atoms in total. The van der Waals surface area contributed by atoms with Crippen molar-refractivity contribution in [2.75, 3.05) is 0 Å². The second-order valence-electron chi connectivity index (χ2n) is 5.35. The molecule has 2 heterocycles. The third kappa shape index (κ3) is 4.08. The molecule has 0 aliphatic heterocycles. The lowest BCUT2D eigenvalue weighted by molar-refractivity contribution is 0.423. The van der Waals surface area contributed by atoms with Gasteiger partial charge in [-0.15, -0.1) is 0 Å². The molecule has 19 heavy (non-hydrogen) atoms. The lowest BCUT2D eigenvalue weighted by atomic mass is 10.1. The fraction of sp³-hybridized carbons (Fsp3) is 0.357. The monoisotopic (exact) mass is 320 g/mol. The van der Waals surface area contributed by atoms with E-state index in [9.17, 15) is 0 Å². The van der Waals surface area contributed by atoms with E-state index >= 15 is 0 Å². The Hall–Kier alpha value is -1.33. The molecule has 0 saturated heterocycles. The van der Waals surface area contributed by atoms with Crippen molar-refractivity contribution in [1.29, 1.82) is 0 Å². The molecule has 1 N–H and O–H groups in total. The SMILES string of the molecule is CC(C)(C)NCc1cnc(-c2ncccc2Br)nc1. The van der Waals surface area contributed by atoms with Crippen molar-refractivity contribution in [3.05, 3.63) is 40.8 Å². The summed E-state index contributed by atoms with van der Waals surface area (Å²) in [6, 6.07) is 3.80. The molecule has 2 aromatic rings. The summed E-state index contributed by atoms with van der Waals surface area (Å²) in [6.07, 6.45) is 5.41. The number of nitrogens with zero attached hydrogens (tertiary/aromatic N) is 3. The van der Waals surface area contributed by atoms with Crippen LogP contribution in [0.25, 0.3) is 11.5 Å². The van der Waals surface area contributed by atoms with Crippen LogP contribution in [0.2, 0.25) is 0 Å². The van der Waals surface area contributed by atoms with Crippen LogP contribution in [0.15, 0.2) is 35.2 Å². The fourth-order valence-corrected chi connectivity index (χ4v) is 1.92. The van der Waals surface area contributed by atoms with E-state index in [-0.39, 0.29) is 5.54 Å². The lowest BCUT2D eigenvalue weighted by Crippen LogP contribution is -2.35. The Morgan fingerprint density at radius 1 is 1.16 bits per heavy atom. The van der Waals surface area contributed by atoms with Gasteiger partial charge in [0.1, 0.15) is 5.69 Å². The molecule has 0 fully saturated rings. The first-order chi connectivity index (χ1) is 8.96. The molecule has 0 unspecified atom stereocenters. The highest BCUT2D eigenvalue weighted by molar-refractivity contribution is 9.10. The Bertz CT molecular complexity index is 546. The van der Waals surface area contributed by atoms with E-state index in [1.807, 2.05) is 24.5 Å². The number of aromatic nitrogens is 3. The smallest absolute Gasteiger partial charge is 0.179 e. The summed E-state index contributed by atoms with van der Waals surface area (Å²) in [7, 11) is 0. The summed E-state index contributed by atoms with van der Waals surface area (Å²) in [6.45, 7) is 7.15. The minimum absolute atomic E-state index is 0.0860. The average Bonchev–Trinajstić information content (AvgIpc) is 2.37. The topological polar surface area (TPSA) is 50.7 Å². The van der Waals surface area contributed by atoms with Gasteiger partial charge < -0.3 is 5.32 Å². The molecule has 0 saturated carbocycles. The van der Waals surface area contributed by atoms with Gasteiger partial charge in [0, 0.05) is 40.7 Å². The van der Waals surface area contributed by atoms with Gasteiger partial charge in [0.15, 0.2) is 5.82 Å². The Labute approximate surface area is 121 Å². The molecule has 0 aromatic carbocycles. The van der Waals surface area contributed by atoms with Gasteiger partial charge in [-0.05, 0) is 48.8 Å². The van der Waals surface area contributed by atoms with E-state index in [4.69, 9.17) is 0 Å². The molecule has 0 atom stereocenters. The molecule has 0 bridgehead atoms. The van der Waals surface area contributed by atoms with Crippen LogP contribution in [0.4, 0.5) is 0 Å². The van der Waals surface area contributed by atoms with Crippen LogP contribution in [0.1, 0.15) is 26.3 Å². The Morgan fingerprint density at radius 2 is 1.84 bits per heavy atom. The van der Waals surface area contributed by atoms with Crippen molar-refractivity contribution >= 4 is 15.9 Å². The predicted molar refractivity (Wildman–Crippen MR) is 79.6 cm³/mol. The van der Waals surface area contributed by atoms with Crippen LogP contribution in [-0.2, 0) is 6.54 Å². The number of hydrogen-bond donors (Lipinski definition) is 1. The second kappa shape index (κ2) is 5.75. The van der Waals surface area contributed by atoms with Gasteiger partial charge in [-0.3, -0.25) is 4.98 Å². The number of halogens is 1. The molecule has 5 heteroatoms. The molecule has 0 aliphatic rings. The highest BCUT2D eigenvalue weighted by atomic mass is 79.9. The zero-order valence-electron chi connectivity index (χ0n) is 11.3. The van der Waals surface area contributed by atoms with Crippen molar-refractivity contribution in [3.63, 3.8) is 0 Å². The summed E-state index contributed by atoms with van der Waals surface area (Å²) in [5, 5.41) is 3.40. The van der Waals surface area contributed by atoms with Crippen molar-refractivity contribution in [2.45, 2.75) is 32.9 Å². The number of pyridine rings is 1. The Balaban J connectivity index is 2.13. The summed E-state index contributed by atoms with van der Waals surface area (Å²) in [4.78, 5) is 13.0. The van der Waals surface area contributed by atoms with Gasteiger partial charge in [-0.1, -0.05) is 0 Å². The van der Waals surface area contributed by atoms with E-state index in [2.05, 4.69) is 57.0 Å². The molecule has 0 spiro atoms. The first-order valence-corrected chi connectivity index (χ1v) is 6.92. The summed E-state index contributed by atoms with van der Waals surface area (Å²) in [5.41, 5.74) is 1.91. The van der Waals surface area contributed by atoms with E-state index in [1.165, 1.54) is 0 Å². The molecule has 2 aromatic heterocycles. The quantitative estimate of drug-likeness (QED) is 0.943. The fourth-order valence-electron chi connectivity index (χ4n) is 1.49. The van der Waals surface area contributed by atoms with Crippen LogP contribution < -0.4 is 5.32 Å². The number of hydrogen-bond acceptors (Lipinski definition) is 4. The number of nitrogens with one attached hydrogen (secondary N) is 1. The van der Waals surface area contributed by atoms with Crippen LogP contribution in [0, 0.1) is 0 Å². The van der Waals surface area contributed by atoms with Gasteiger partial charge in [0.25, 0.3) is 0 Å². The summed E-state index contributed by atoms with van der Waals surface area (Å²) in [5.74, 6) is 0.631. The van der Waals surface area contributed by atoms with E-state index in [1.54, 1.807) is 6.20 Å².